The van der Waals surface area contributed by atoms with E-state index < -0.39 is 0 Å². The molecule has 0 aliphatic carbocycles. The highest BCUT2D eigenvalue weighted by atomic mass is 16.3. The van der Waals surface area contributed by atoms with Crippen molar-refractivity contribution < 1.29 is 0 Å². The van der Waals surface area contributed by atoms with E-state index in [1.165, 1.54) is 22.9 Å². The van der Waals surface area contributed by atoms with Gasteiger partial charge in [0, 0.05) is 13.1 Å². The van der Waals surface area contributed by atoms with E-state index in [-0.39, 0.29) is 0 Å². The van der Waals surface area contributed by atoms with E-state index in [9.17, 15) is 9.81 Å². The average molecular weight is 334 g/mol. The van der Waals surface area contributed by atoms with Gasteiger partial charge >= 0.3 is 0 Å². The van der Waals surface area contributed by atoms with Gasteiger partial charge in [-0.15, -0.1) is 9.81 Å². The van der Waals surface area contributed by atoms with Gasteiger partial charge in [-0.3, -0.25) is 0 Å². The molecule has 0 radical (unpaired) electrons. The lowest BCUT2D eigenvalue weighted by Gasteiger charge is -2.18. The molecule has 24 heavy (non-hydrogen) atoms. The summed E-state index contributed by atoms with van der Waals surface area (Å²) in [6.45, 7) is 5.55. The summed E-state index contributed by atoms with van der Waals surface area (Å²) in [5.41, 5.74) is 1.50. The highest BCUT2D eigenvalue weighted by Crippen LogP contribution is 2.22. The van der Waals surface area contributed by atoms with E-state index >= 15 is 0 Å². The summed E-state index contributed by atoms with van der Waals surface area (Å²) in [4.78, 5) is 22.1. The summed E-state index contributed by atoms with van der Waals surface area (Å²) in [5.74, 6) is 0. The molecule has 0 amide bonds. The number of anilines is 2. The fraction of sp³-hybridized carbons (Fsp3) is 0.667. The first-order valence-electron chi connectivity index (χ1n) is 9.08. The Hall–Kier alpha value is -1.98. The minimum atomic E-state index is 0.621. The van der Waals surface area contributed by atoms with E-state index in [0.29, 0.717) is 13.1 Å². The SMILES string of the molecule is CCCCCCN(N=O)c1ccc(N(CCCCCC)N=O)cc1. The third kappa shape index (κ3) is 7.06. The zero-order valence-corrected chi connectivity index (χ0v) is 15.0. The standard InChI is InChI=1S/C18H30N4O2/c1-3-5-7-9-15-21(19-23)17-11-13-18(14-12-17)22(20-24)16-10-8-6-4-2/h11-14H,3-10,15-16H2,1-2H3. The van der Waals surface area contributed by atoms with Crippen LogP contribution in [0.5, 0.6) is 0 Å². The molecule has 0 fully saturated rings. The van der Waals surface area contributed by atoms with Crippen molar-refractivity contribution in [2.75, 3.05) is 23.1 Å². The number of nitrogens with zero attached hydrogens (tertiary/aromatic N) is 4. The number of nitroso groups, excluding NO2 is 2. The Morgan fingerprint density at radius 3 is 1.33 bits per heavy atom. The largest absolute Gasteiger partial charge is 0.229 e. The zero-order valence-electron chi connectivity index (χ0n) is 15.0. The third-order valence-corrected chi connectivity index (χ3v) is 4.09. The Kier molecular flexibility index (Phi) is 10.4. The Morgan fingerprint density at radius 1 is 0.667 bits per heavy atom. The fourth-order valence-electron chi connectivity index (χ4n) is 2.61. The molecule has 0 N–H and O–H groups in total. The summed E-state index contributed by atoms with van der Waals surface area (Å²) in [5, 5.41) is 9.15. The summed E-state index contributed by atoms with van der Waals surface area (Å²) < 4.78 is 0. The average Bonchev–Trinajstić information content (AvgIpc) is 2.62. The van der Waals surface area contributed by atoms with Crippen LogP contribution in [0.2, 0.25) is 0 Å². The third-order valence-electron chi connectivity index (χ3n) is 4.09. The lowest BCUT2D eigenvalue weighted by Crippen LogP contribution is -2.18. The lowest BCUT2D eigenvalue weighted by atomic mass is 10.2. The van der Waals surface area contributed by atoms with Crippen LogP contribution >= 0.6 is 0 Å². The highest BCUT2D eigenvalue weighted by Gasteiger charge is 2.10. The van der Waals surface area contributed by atoms with Crippen molar-refractivity contribution in [3.05, 3.63) is 34.1 Å². The van der Waals surface area contributed by atoms with Crippen LogP contribution in [0, 0.1) is 9.81 Å². The van der Waals surface area contributed by atoms with Crippen LogP contribution < -0.4 is 10.0 Å². The predicted molar refractivity (Wildman–Crippen MR) is 101 cm³/mol. The number of unbranched alkanes of at least 4 members (excludes halogenated alkanes) is 6. The maximum atomic E-state index is 11.0. The molecule has 0 bridgehead atoms. The molecule has 1 aromatic rings. The molecule has 0 atom stereocenters. The van der Waals surface area contributed by atoms with Crippen LogP contribution in [0.3, 0.4) is 0 Å². The number of rotatable bonds is 14. The molecule has 1 rings (SSSR count). The van der Waals surface area contributed by atoms with Crippen molar-refractivity contribution in [1.82, 2.24) is 0 Å². The van der Waals surface area contributed by atoms with Gasteiger partial charge in [0.2, 0.25) is 0 Å². The van der Waals surface area contributed by atoms with E-state index in [1.807, 2.05) is 24.3 Å². The molecular weight excluding hydrogens is 304 g/mol. The van der Waals surface area contributed by atoms with E-state index in [2.05, 4.69) is 24.4 Å². The van der Waals surface area contributed by atoms with Crippen molar-refractivity contribution in [2.45, 2.75) is 65.2 Å². The van der Waals surface area contributed by atoms with Crippen LogP contribution in [-0.2, 0) is 0 Å². The quantitative estimate of drug-likeness (QED) is 0.244. The predicted octanol–water partition coefficient (Wildman–Crippen LogP) is 5.82. The number of hydrogen-bond donors (Lipinski definition) is 0. The Labute approximate surface area is 145 Å². The minimum absolute atomic E-state index is 0.621. The van der Waals surface area contributed by atoms with Gasteiger partial charge in [0.05, 0.1) is 21.9 Å². The van der Waals surface area contributed by atoms with Crippen molar-refractivity contribution in [3.63, 3.8) is 0 Å². The van der Waals surface area contributed by atoms with Gasteiger partial charge in [-0.1, -0.05) is 52.4 Å². The Morgan fingerprint density at radius 2 is 1.04 bits per heavy atom. The van der Waals surface area contributed by atoms with Gasteiger partial charge in [-0.25, -0.2) is 10.0 Å². The lowest BCUT2D eigenvalue weighted by molar-refractivity contribution is 0.648. The first kappa shape index (κ1) is 20.1. The Bertz CT molecular complexity index is 422. The Balaban J connectivity index is 2.57. The number of hydrogen-bond acceptors (Lipinski definition) is 4. The number of benzene rings is 1. The maximum Gasteiger partial charge on any atom is 0.0627 e. The van der Waals surface area contributed by atoms with Crippen LogP contribution in [0.1, 0.15) is 65.2 Å². The summed E-state index contributed by atoms with van der Waals surface area (Å²) in [6, 6.07) is 7.28. The first-order valence-corrected chi connectivity index (χ1v) is 9.08. The maximum absolute atomic E-state index is 11.0. The molecule has 0 aliphatic heterocycles. The molecule has 0 unspecified atom stereocenters. The molecule has 0 saturated carbocycles. The molecule has 1 aromatic carbocycles. The summed E-state index contributed by atoms with van der Waals surface area (Å²) in [7, 11) is 0. The zero-order chi connectivity index (χ0) is 17.6. The first-order chi connectivity index (χ1) is 11.8. The molecule has 0 aromatic heterocycles. The normalized spacial score (nSPS) is 10.4. The van der Waals surface area contributed by atoms with Gasteiger partial charge in [0.25, 0.3) is 0 Å². The monoisotopic (exact) mass is 334 g/mol. The molecule has 0 heterocycles. The van der Waals surface area contributed by atoms with E-state index in [0.717, 1.165) is 49.9 Å². The van der Waals surface area contributed by atoms with Gasteiger partial charge in [-0.05, 0) is 37.1 Å². The molecular formula is C18H30N4O2. The molecule has 0 spiro atoms. The van der Waals surface area contributed by atoms with Crippen molar-refractivity contribution >= 4 is 11.4 Å². The minimum Gasteiger partial charge on any atom is -0.229 e. The summed E-state index contributed by atoms with van der Waals surface area (Å²) >= 11 is 0. The van der Waals surface area contributed by atoms with Crippen LogP contribution in [0.25, 0.3) is 0 Å². The topological polar surface area (TPSA) is 65.3 Å². The molecule has 6 heteroatoms. The van der Waals surface area contributed by atoms with Crippen molar-refractivity contribution in [2.24, 2.45) is 10.6 Å². The molecule has 134 valence electrons. The van der Waals surface area contributed by atoms with E-state index in [4.69, 9.17) is 0 Å². The highest BCUT2D eigenvalue weighted by molar-refractivity contribution is 5.55. The van der Waals surface area contributed by atoms with Gasteiger partial charge in [0.1, 0.15) is 0 Å². The van der Waals surface area contributed by atoms with Crippen LogP contribution in [0.4, 0.5) is 11.4 Å². The van der Waals surface area contributed by atoms with Crippen LogP contribution in [-0.4, -0.2) is 13.1 Å². The van der Waals surface area contributed by atoms with Crippen molar-refractivity contribution in [3.8, 4) is 0 Å². The second kappa shape index (κ2) is 12.4. The summed E-state index contributed by atoms with van der Waals surface area (Å²) in [6.07, 6.45) is 8.75. The molecule has 0 saturated heterocycles. The smallest absolute Gasteiger partial charge is 0.0627 e. The van der Waals surface area contributed by atoms with E-state index in [1.54, 1.807) is 0 Å². The molecule has 6 nitrogen and oxygen atoms in total. The van der Waals surface area contributed by atoms with Crippen LogP contribution in [0.15, 0.2) is 34.8 Å². The molecule has 0 aliphatic rings. The van der Waals surface area contributed by atoms with Crippen molar-refractivity contribution in [1.29, 1.82) is 0 Å². The van der Waals surface area contributed by atoms with Gasteiger partial charge in [0.15, 0.2) is 0 Å². The second-order valence-electron chi connectivity index (χ2n) is 6.05. The van der Waals surface area contributed by atoms with Gasteiger partial charge < -0.3 is 0 Å². The fourth-order valence-corrected chi connectivity index (χ4v) is 2.61. The van der Waals surface area contributed by atoms with Gasteiger partial charge in [-0.2, -0.15) is 0 Å². The second-order valence-corrected chi connectivity index (χ2v) is 6.05.